The Hall–Kier alpha value is -1.06. The number of nitrogens with one attached hydrogen (secondary N) is 1. The molecule has 0 heterocycles. The number of hydrogen-bond acceptors (Lipinski definition) is 2. The number of rotatable bonds is 6. The summed E-state index contributed by atoms with van der Waals surface area (Å²) < 4.78 is 0. The van der Waals surface area contributed by atoms with Crippen molar-refractivity contribution in [3.8, 4) is 0 Å². The summed E-state index contributed by atoms with van der Waals surface area (Å²) in [4.78, 5) is 23.0. The number of primary amides is 1. The van der Waals surface area contributed by atoms with E-state index in [1.807, 2.05) is 0 Å². The largest absolute Gasteiger partial charge is 0.368 e. The Bertz CT molecular complexity index is 294. The Morgan fingerprint density at radius 1 is 1.12 bits per heavy atom. The monoisotopic (exact) mass is 238 g/mol. The third-order valence-corrected chi connectivity index (χ3v) is 3.89. The summed E-state index contributed by atoms with van der Waals surface area (Å²) >= 11 is 0. The van der Waals surface area contributed by atoms with Gasteiger partial charge in [0, 0.05) is 6.42 Å². The molecule has 0 spiro atoms. The summed E-state index contributed by atoms with van der Waals surface area (Å²) in [5.41, 5.74) is 5.32. The van der Waals surface area contributed by atoms with Gasteiger partial charge < -0.3 is 11.1 Å². The van der Waals surface area contributed by atoms with Gasteiger partial charge in [-0.15, -0.1) is 0 Å². The van der Waals surface area contributed by atoms with Crippen LogP contribution in [0.25, 0.3) is 0 Å². The number of amides is 2. The van der Waals surface area contributed by atoms with Crippen molar-refractivity contribution in [2.75, 3.05) is 0 Å². The molecule has 2 fully saturated rings. The average Bonchev–Trinajstić information content (AvgIpc) is 2.93. The molecular formula is C13H22N2O2. The van der Waals surface area contributed by atoms with E-state index in [0.29, 0.717) is 18.3 Å². The molecule has 2 rings (SSSR count). The lowest BCUT2D eigenvalue weighted by Crippen LogP contribution is -2.45. The Balaban J connectivity index is 1.75. The van der Waals surface area contributed by atoms with Crippen LogP contribution in [0.3, 0.4) is 0 Å². The first-order valence-corrected chi connectivity index (χ1v) is 6.74. The van der Waals surface area contributed by atoms with Crippen LogP contribution in [0.5, 0.6) is 0 Å². The highest BCUT2D eigenvalue weighted by atomic mass is 16.2. The highest BCUT2D eigenvalue weighted by Gasteiger charge is 2.29. The topological polar surface area (TPSA) is 72.2 Å². The predicted octanol–water partition coefficient (Wildman–Crippen LogP) is 1.34. The zero-order valence-electron chi connectivity index (χ0n) is 10.3. The average molecular weight is 238 g/mol. The van der Waals surface area contributed by atoms with Crippen LogP contribution in [0.4, 0.5) is 0 Å². The van der Waals surface area contributed by atoms with Gasteiger partial charge in [-0.05, 0) is 31.1 Å². The van der Waals surface area contributed by atoms with Gasteiger partial charge in [-0.3, -0.25) is 9.59 Å². The van der Waals surface area contributed by atoms with E-state index >= 15 is 0 Å². The molecule has 4 heteroatoms. The summed E-state index contributed by atoms with van der Waals surface area (Å²) in [6.07, 6.45) is 8.40. The summed E-state index contributed by atoms with van der Waals surface area (Å²) in [7, 11) is 0. The Morgan fingerprint density at radius 3 is 2.29 bits per heavy atom. The first-order valence-electron chi connectivity index (χ1n) is 6.74. The fourth-order valence-electron chi connectivity index (χ4n) is 2.66. The Labute approximate surface area is 102 Å². The van der Waals surface area contributed by atoms with Gasteiger partial charge in [-0.2, -0.15) is 0 Å². The second-order valence-electron chi connectivity index (χ2n) is 5.56. The van der Waals surface area contributed by atoms with Gasteiger partial charge in [0.15, 0.2) is 0 Å². The quantitative estimate of drug-likeness (QED) is 0.733. The maximum Gasteiger partial charge on any atom is 0.240 e. The molecule has 2 aliphatic rings. The maximum absolute atomic E-state index is 11.8. The molecular weight excluding hydrogens is 216 g/mol. The van der Waals surface area contributed by atoms with Crippen molar-refractivity contribution in [2.24, 2.45) is 17.6 Å². The number of carbonyl (C=O) groups is 2. The molecule has 0 saturated heterocycles. The minimum atomic E-state index is -0.448. The van der Waals surface area contributed by atoms with Crippen LogP contribution in [-0.2, 0) is 9.59 Å². The first kappa shape index (κ1) is 12.4. The second-order valence-corrected chi connectivity index (χ2v) is 5.56. The predicted molar refractivity (Wildman–Crippen MR) is 65.0 cm³/mol. The van der Waals surface area contributed by atoms with Gasteiger partial charge in [0.25, 0.3) is 0 Å². The van der Waals surface area contributed by atoms with Crippen LogP contribution >= 0.6 is 0 Å². The van der Waals surface area contributed by atoms with E-state index in [4.69, 9.17) is 5.73 Å². The standard InChI is InChI=1S/C13H22N2O2/c14-13(17)11(7-10-5-6-10)15-12(16)8-9-3-1-2-4-9/h9-11H,1-8H2,(H2,14,17)(H,15,16)/t11-/m1/s1. The molecule has 2 saturated carbocycles. The minimum Gasteiger partial charge on any atom is -0.368 e. The van der Waals surface area contributed by atoms with E-state index in [2.05, 4.69) is 5.32 Å². The molecule has 96 valence electrons. The lowest BCUT2D eigenvalue weighted by atomic mass is 10.0. The first-order chi connectivity index (χ1) is 8.15. The molecule has 1 atom stereocenters. The van der Waals surface area contributed by atoms with E-state index in [0.717, 1.165) is 19.3 Å². The van der Waals surface area contributed by atoms with Crippen molar-refractivity contribution in [3.63, 3.8) is 0 Å². The van der Waals surface area contributed by atoms with Gasteiger partial charge in [-0.25, -0.2) is 0 Å². The van der Waals surface area contributed by atoms with Crippen LogP contribution in [0.15, 0.2) is 0 Å². The smallest absolute Gasteiger partial charge is 0.240 e. The molecule has 2 aliphatic carbocycles. The molecule has 0 unspecified atom stereocenters. The number of nitrogens with two attached hydrogens (primary N) is 1. The SMILES string of the molecule is NC(=O)[C@@H](CC1CC1)NC(=O)CC1CCCC1. The lowest BCUT2D eigenvalue weighted by molar-refractivity contribution is -0.128. The second kappa shape index (κ2) is 5.52. The number of carbonyl (C=O) groups excluding carboxylic acids is 2. The summed E-state index contributed by atoms with van der Waals surface area (Å²) in [6.45, 7) is 0. The van der Waals surface area contributed by atoms with Crippen molar-refractivity contribution in [3.05, 3.63) is 0 Å². The molecule has 0 bridgehead atoms. The van der Waals surface area contributed by atoms with Gasteiger partial charge in [0.1, 0.15) is 6.04 Å². The fourth-order valence-corrected chi connectivity index (χ4v) is 2.66. The highest BCUT2D eigenvalue weighted by Crippen LogP contribution is 2.33. The van der Waals surface area contributed by atoms with Crippen molar-refractivity contribution in [2.45, 2.75) is 57.4 Å². The molecule has 17 heavy (non-hydrogen) atoms. The van der Waals surface area contributed by atoms with Gasteiger partial charge in [0.05, 0.1) is 0 Å². The molecule has 0 aromatic heterocycles. The highest BCUT2D eigenvalue weighted by molar-refractivity contribution is 5.86. The molecule has 0 aliphatic heterocycles. The summed E-state index contributed by atoms with van der Waals surface area (Å²) in [6, 6.07) is -0.448. The Morgan fingerprint density at radius 2 is 1.76 bits per heavy atom. The zero-order valence-corrected chi connectivity index (χ0v) is 10.3. The van der Waals surface area contributed by atoms with E-state index in [1.54, 1.807) is 0 Å². The van der Waals surface area contributed by atoms with Gasteiger partial charge >= 0.3 is 0 Å². The van der Waals surface area contributed by atoms with E-state index in [1.165, 1.54) is 25.7 Å². The molecule has 0 aromatic carbocycles. The zero-order chi connectivity index (χ0) is 12.3. The van der Waals surface area contributed by atoms with Gasteiger partial charge in [0.2, 0.25) is 11.8 Å². The Kier molecular flexibility index (Phi) is 4.02. The van der Waals surface area contributed by atoms with Crippen molar-refractivity contribution < 1.29 is 9.59 Å². The molecule has 0 radical (unpaired) electrons. The van der Waals surface area contributed by atoms with Crippen LogP contribution in [0, 0.1) is 11.8 Å². The molecule has 4 nitrogen and oxygen atoms in total. The molecule has 2 amide bonds. The third kappa shape index (κ3) is 4.02. The number of hydrogen-bond donors (Lipinski definition) is 2. The van der Waals surface area contributed by atoms with Gasteiger partial charge in [-0.1, -0.05) is 25.7 Å². The maximum atomic E-state index is 11.8. The van der Waals surface area contributed by atoms with Crippen molar-refractivity contribution in [1.82, 2.24) is 5.32 Å². The van der Waals surface area contributed by atoms with Crippen molar-refractivity contribution >= 4 is 11.8 Å². The lowest BCUT2D eigenvalue weighted by Gasteiger charge is -2.16. The van der Waals surface area contributed by atoms with E-state index in [9.17, 15) is 9.59 Å². The fraction of sp³-hybridized carbons (Fsp3) is 0.846. The van der Waals surface area contributed by atoms with Crippen LogP contribution in [-0.4, -0.2) is 17.9 Å². The van der Waals surface area contributed by atoms with Crippen LogP contribution < -0.4 is 11.1 Å². The normalized spacial score (nSPS) is 22.4. The minimum absolute atomic E-state index is 0.00125. The van der Waals surface area contributed by atoms with Crippen molar-refractivity contribution in [1.29, 1.82) is 0 Å². The third-order valence-electron chi connectivity index (χ3n) is 3.89. The van der Waals surface area contributed by atoms with Crippen LogP contribution in [0.2, 0.25) is 0 Å². The van der Waals surface area contributed by atoms with Crippen LogP contribution in [0.1, 0.15) is 51.4 Å². The van der Waals surface area contributed by atoms with E-state index in [-0.39, 0.29) is 5.91 Å². The molecule has 0 aromatic rings. The summed E-state index contributed by atoms with van der Waals surface area (Å²) in [5.74, 6) is 0.724. The summed E-state index contributed by atoms with van der Waals surface area (Å²) in [5, 5.41) is 2.80. The molecule has 3 N–H and O–H groups in total. The van der Waals surface area contributed by atoms with E-state index < -0.39 is 11.9 Å².